The number of carbonyl (C=O) groups is 2. The number of carboxylic acids is 1. The maximum Gasteiger partial charge on any atom is 0.196 e. The zero-order chi connectivity index (χ0) is 20.9. The molecule has 0 aliphatic rings. The molecule has 4 rings (SSSR count). The number of rotatable bonds is 7. The highest BCUT2D eigenvalue weighted by atomic mass is 32.1. The van der Waals surface area contributed by atoms with E-state index in [1.165, 1.54) is 11.3 Å². The minimum Gasteiger partial charge on any atom is -0.546 e. The lowest BCUT2D eigenvalue weighted by atomic mass is 10.0. The zero-order valence-corrected chi connectivity index (χ0v) is 16.6. The molecule has 6 heteroatoms. The van der Waals surface area contributed by atoms with Crippen molar-refractivity contribution in [2.45, 2.75) is 0 Å². The Kier molecular flexibility index (Phi) is 5.68. The fourth-order valence-corrected chi connectivity index (χ4v) is 3.90. The summed E-state index contributed by atoms with van der Waals surface area (Å²) in [5, 5.41) is 11.2. The standard InChI is InChI=1S/C24H17NO4S/c26-22(27)15-29-18-12-10-16(11-13-18)14-19(23(28)17-6-2-1-3-7-17)24-25-20-8-4-5-9-21(20)30-24/h1-14H,15H2,(H,26,27)/p-1/b19-14-. The van der Waals surface area contributed by atoms with Gasteiger partial charge in [-0.3, -0.25) is 4.79 Å². The van der Waals surface area contributed by atoms with Gasteiger partial charge in [0.15, 0.2) is 5.78 Å². The van der Waals surface area contributed by atoms with Crippen molar-refractivity contribution in [3.8, 4) is 5.75 Å². The predicted octanol–water partition coefficient (Wildman–Crippen LogP) is 3.85. The van der Waals surface area contributed by atoms with Gasteiger partial charge in [-0.1, -0.05) is 54.6 Å². The lowest BCUT2D eigenvalue weighted by Gasteiger charge is -2.07. The highest BCUT2D eigenvalue weighted by molar-refractivity contribution is 7.20. The van der Waals surface area contributed by atoms with E-state index in [2.05, 4.69) is 4.98 Å². The first-order valence-corrected chi connectivity index (χ1v) is 10.0. The highest BCUT2D eigenvalue weighted by Gasteiger charge is 2.18. The molecule has 0 saturated carbocycles. The van der Waals surface area contributed by atoms with Gasteiger partial charge in [-0.2, -0.15) is 0 Å². The molecule has 0 unspecified atom stereocenters. The molecule has 1 aromatic heterocycles. The summed E-state index contributed by atoms with van der Waals surface area (Å²) in [6.07, 6.45) is 1.79. The minimum absolute atomic E-state index is 0.119. The second-order valence-corrected chi connectivity index (χ2v) is 7.50. The van der Waals surface area contributed by atoms with Crippen molar-refractivity contribution < 1.29 is 19.4 Å². The largest absolute Gasteiger partial charge is 0.546 e. The first-order valence-electron chi connectivity index (χ1n) is 9.20. The molecule has 3 aromatic carbocycles. The van der Waals surface area contributed by atoms with Gasteiger partial charge in [0.25, 0.3) is 0 Å². The Hall–Kier alpha value is -3.77. The van der Waals surface area contributed by atoms with Crippen LogP contribution in [0.15, 0.2) is 78.9 Å². The average Bonchev–Trinajstić information content (AvgIpc) is 3.21. The summed E-state index contributed by atoms with van der Waals surface area (Å²) in [4.78, 5) is 28.5. The third kappa shape index (κ3) is 4.45. The van der Waals surface area contributed by atoms with Gasteiger partial charge in [0, 0.05) is 5.56 Å². The number of hydrogen-bond acceptors (Lipinski definition) is 6. The minimum atomic E-state index is -1.29. The van der Waals surface area contributed by atoms with Gasteiger partial charge in [0.1, 0.15) is 17.4 Å². The van der Waals surface area contributed by atoms with Crippen molar-refractivity contribution in [2.24, 2.45) is 0 Å². The first-order chi connectivity index (χ1) is 14.6. The van der Waals surface area contributed by atoms with Crippen molar-refractivity contribution in [3.05, 3.63) is 95.0 Å². The Labute approximate surface area is 176 Å². The van der Waals surface area contributed by atoms with E-state index in [1.54, 1.807) is 42.5 Å². The Morgan fingerprint density at radius 1 is 0.933 bits per heavy atom. The number of ether oxygens (including phenoxy) is 1. The summed E-state index contributed by atoms with van der Waals surface area (Å²) >= 11 is 1.46. The van der Waals surface area contributed by atoms with Crippen LogP contribution in [0.1, 0.15) is 20.9 Å². The van der Waals surface area contributed by atoms with Gasteiger partial charge in [0.2, 0.25) is 0 Å². The number of aromatic nitrogens is 1. The lowest BCUT2D eigenvalue weighted by Crippen LogP contribution is -2.28. The molecule has 0 saturated heterocycles. The number of Topliss-reactive ketones (excluding diaryl/α,β-unsaturated/α-hetero) is 1. The quantitative estimate of drug-likeness (QED) is 0.339. The van der Waals surface area contributed by atoms with Gasteiger partial charge in [0.05, 0.1) is 21.8 Å². The molecule has 148 valence electrons. The number of nitrogens with zero attached hydrogens (tertiary/aromatic N) is 1. The van der Waals surface area contributed by atoms with Crippen LogP contribution in [-0.4, -0.2) is 23.3 Å². The number of carboxylic acid groups (broad SMARTS) is 1. The molecule has 0 aliphatic heterocycles. The lowest BCUT2D eigenvalue weighted by molar-refractivity contribution is -0.307. The maximum atomic E-state index is 13.3. The number of hydrogen-bond donors (Lipinski definition) is 0. The van der Waals surface area contributed by atoms with Crippen molar-refractivity contribution in [3.63, 3.8) is 0 Å². The summed E-state index contributed by atoms with van der Waals surface area (Å²) in [6, 6.07) is 23.6. The van der Waals surface area contributed by atoms with Crippen LogP contribution in [0, 0.1) is 0 Å². The average molecular weight is 414 g/mol. The number of ketones is 1. The van der Waals surface area contributed by atoms with Gasteiger partial charge < -0.3 is 14.6 Å². The topological polar surface area (TPSA) is 79.3 Å². The van der Waals surface area contributed by atoms with E-state index < -0.39 is 12.6 Å². The molecule has 0 amide bonds. The van der Waals surface area contributed by atoms with Crippen molar-refractivity contribution in [1.29, 1.82) is 0 Å². The molecule has 5 nitrogen and oxygen atoms in total. The summed E-state index contributed by atoms with van der Waals surface area (Å²) in [7, 11) is 0. The molecule has 1 heterocycles. The predicted molar refractivity (Wildman–Crippen MR) is 115 cm³/mol. The number of para-hydroxylation sites is 1. The second kappa shape index (κ2) is 8.71. The molecule has 0 fully saturated rings. The molecule has 0 spiro atoms. The smallest absolute Gasteiger partial charge is 0.196 e. The second-order valence-electron chi connectivity index (χ2n) is 6.47. The number of benzene rings is 3. The third-order valence-electron chi connectivity index (χ3n) is 4.35. The molecular weight excluding hydrogens is 398 g/mol. The van der Waals surface area contributed by atoms with Crippen LogP contribution >= 0.6 is 11.3 Å². The van der Waals surface area contributed by atoms with Gasteiger partial charge >= 0.3 is 0 Å². The van der Waals surface area contributed by atoms with Crippen LogP contribution in [0.4, 0.5) is 0 Å². The summed E-state index contributed by atoms with van der Waals surface area (Å²) < 4.78 is 6.11. The van der Waals surface area contributed by atoms with E-state index in [9.17, 15) is 14.7 Å². The molecule has 0 radical (unpaired) electrons. The zero-order valence-electron chi connectivity index (χ0n) is 15.8. The Morgan fingerprint density at radius 2 is 1.63 bits per heavy atom. The molecular formula is C24H16NO4S-. The van der Waals surface area contributed by atoms with Crippen LogP contribution in [-0.2, 0) is 4.79 Å². The van der Waals surface area contributed by atoms with Gasteiger partial charge in [-0.05, 0) is 35.9 Å². The number of aliphatic carboxylic acids is 1. The van der Waals surface area contributed by atoms with E-state index in [-0.39, 0.29) is 5.78 Å². The highest BCUT2D eigenvalue weighted by Crippen LogP contribution is 2.31. The van der Waals surface area contributed by atoms with Crippen molar-refractivity contribution >= 4 is 45.0 Å². The third-order valence-corrected chi connectivity index (χ3v) is 5.42. The van der Waals surface area contributed by atoms with Crippen LogP contribution in [0.25, 0.3) is 21.9 Å². The number of thiazole rings is 1. The normalized spacial score (nSPS) is 11.4. The molecule has 0 aliphatic carbocycles. The van der Waals surface area contributed by atoms with Crippen LogP contribution in [0.3, 0.4) is 0 Å². The Balaban J connectivity index is 1.73. The molecule has 30 heavy (non-hydrogen) atoms. The van der Waals surface area contributed by atoms with E-state index >= 15 is 0 Å². The monoisotopic (exact) mass is 414 g/mol. The van der Waals surface area contributed by atoms with Gasteiger partial charge in [-0.25, -0.2) is 4.98 Å². The van der Waals surface area contributed by atoms with E-state index in [1.807, 2.05) is 42.5 Å². The van der Waals surface area contributed by atoms with Crippen molar-refractivity contribution in [2.75, 3.05) is 6.61 Å². The fraction of sp³-hybridized carbons (Fsp3) is 0.0417. The molecule has 4 aromatic rings. The van der Waals surface area contributed by atoms with E-state index in [4.69, 9.17) is 4.74 Å². The van der Waals surface area contributed by atoms with Gasteiger partial charge in [-0.15, -0.1) is 11.3 Å². The van der Waals surface area contributed by atoms with E-state index in [0.29, 0.717) is 21.9 Å². The summed E-state index contributed by atoms with van der Waals surface area (Å²) in [5.74, 6) is -0.996. The molecule has 0 atom stereocenters. The van der Waals surface area contributed by atoms with Crippen LogP contribution in [0.2, 0.25) is 0 Å². The maximum absolute atomic E-state index is 13.3. The molecule has 0 bridgehead atoms. The summed E-state index contributed by atoms with van der Waals surface area (Å²) in [5.41, 5.74) is 2.69. The number of allylic oxidation sites excluding steroid dienone is 1. The van der Waals surface area contributed by atoms with Crippen LogP contribution < -0.4 is 9.84 Å². The Morgan fingerprint density at radius 3 is 2.33 bits per heavy atom. The molecule has 0 N–H and O–H groups in total. The first kappa shape index (κ1) is 19.5. The summed E-state index contributed by atoms with van der Waals surface area (Å²) in [6.45, 7) is -0.515. The Bertz CT molecular complexity index is 1190. The SMILES string of the molecule is O=C([O-])COc1ccc(/C=C(/C(=O)c2ccccc2)c2nc3ccccc3s2)cc1. The number of carbonyl (C=O) groups excluding carboxylic acids is 2. The van der Waals surface area contributed by atoms with Crippen molar-refractivity contribution in [1.82, 2.24) is 4.98 Å². The van der Waals surface area contributed by atoms with E-state index in [0.717, 1.165) is 15.8 Å². The van der Waals surface area contributed by atoms with Crippen LogP contribution in [0.5, 0.6) is 5.75 Å². The number of fused-ring (bicyclic) bond motifs is 1. The fourth-order valence-electron chi connectivity index (χ4n) is 2.93.